The van der Waals surface area contributed by atoms with Crippen LogP contribution in [0.2, 0.25) is 0 Å². The van der Waals surface area contributed by atoms with Gasteiger partial charge in [0.2, 0.25) is 0 Å². The molecule has 2 aromatic rings. The number of hydrogen-bond donors (Lipinski definition) is 8. The molecule has 3 rings (SSSR count). The Morgan fingerprint density at radius 3 is 2.38 bits per heavy atom. The summed E-state index contributed by atoms with van der Waals surface area (Å²) >= 11 is 0. The van der Waals surface area contributed by atoms with Crippen LogP contribution in [0.15, 0.2) is 40.2 Å². The third-order valence-electron chi connectivity index (χ3n) is 7.65. The van der Waals surface area contributed by atoms with Gasteiger partial charge in [0.05, 0.1) is 5.56 Å². The number of guanidine groups is 1. The van der Waals surface area contributed by atoms with Crippen molar-refractivity contribution in [3.63, 3.8) is 0 Å². The maximum atomic E-state index is 12.4. The number of H-pyrrole nitrogens is 1. The predicted molar refractivity (Wildman–Crippen MR) is 193 cm³/mol. The zero-order chi connectivity index (χ0) is 35.2. The van der Waals surface area contributed by atoms with Gasteiger partial charge in [-0.15, -0.1) is 0 Å². The number of nitrogens with two attached hydrogens (primary N) is 3. The van der Waals surface area contributed by atoms with E-state index in [9.17, 15) is 9.59 Å². The molecule has 0 spiro atoms. The highest BCUT2D eigenvalue weighted by molar-refractivity contribution is 5.75. The van der Waals surface area contributed by atoms with Gasteiger partial charge >= 0.3 is 6.03 Å². The minimum atomic E-state index is -0.208. The van der Waals surface area contributed by atoms with Gasteiger partial charge in [-0.2, -0.15) is 0 Å². The Hall–Kier alpha value is -3.52. The number of aromatic amines is 1. The lowest BCUT2D eigenvalue weighted by molar-refractivity contribution is 0.215. The van der Waals surface area contributed by atoms with E-state index in [4.69, 9.17) is 17.2 Å². The number of urea groups is 1. The number of aliphatic imine (C=N–C) groups is 1. The third kappa shape index (κ3) is 14.8. The molecule has 47 heavy (non-hydrogen) atoms. The molecule has 0 saturated carbocycles. The Bertz CT molecular complexity index is 1310. The molecule has 1 fully saturated rings. The van der Waals surface area contributed by atoms with E-state index in [1.807, 2.05) is 72.9 Å². The lowest BCUT2D eigenvalue weighted by atomic mass is 9.95. The molecule has 1 saturated heterocycles. The monoisotopic (exact) mass is 656 g/mol. The van der Waals surface area contributed by atoms with Gasteiger partial charge in [-0.1, -0.05) is 52.0 Å². The molecular weight excluding hydrogens is 594 g/mol. The van der Waals surface area contributed by atoms with Gasteiger partial charge in [-0.3, -0.25) is 14.7 Å². The molecule has 13 heteroatoms. The number of likely N-dealkylation sites (N-methyl/N-ethyl adjacent to an activating group) is 1. The Morgan fingerprint density at radius 2 is 1.83 bits per heavy atom. The SMILES string of the molecule is CC(C)(C)c1ncc(-c2ccc(CNCCCN=C(N)N)cc2)c(=O)[nH]1.CNC[C@@H]1C[C@@H](NC(=O)NC(C)(C)C)CN1C[C@@H](C)CN. The number of nitrogens with one attached hydrogen (secondary N) is 5. The van der Waals surface area contributed by atoms with E-state index in [0.717, 1.165) is 56.7 Å². The van der Waals surface area contributed by atoms with E-state index in [0.29, 0.717) is 36.4 Å². The van der Waals surface area contributed by atoms with Gasteiger partial charge in [0.25, 0.3) is 5.56 Å². The van der Waals surface area contributed by atoms with Crippen molar-refractivity contribution in [1.82, 2.24) is 36.1 Å². The maximum Gasteiger partial charge on any atom is 0.315 e. The molecule has 0 radical (unpaired) electrons. The third-order valence-corrected chi connectivity index (χ3v) is 7.65. The van der Waals surface area contributed by atoms with Crippen molar-refractivity contribution in [3.05, 3.63) is 52.2 Å². The van der Waals surface area contributed by atoms with Crippen molar-refractivity contribution in [2.45, 2.75) is 90.9 Å². The fourth-order valence-corrected chi connectivity index (χ4v) is 5.23. The molecule has 264 valence electrons. The molecule has 1 aliphatic heterocycles. The fourth-order valence-electron chi connectivity index (χ4n) is 5.23. The van der Waals surface area contributed by atoms with Crippen molar-refractivity contribution in [3.8, 4) is 11.1 Å². The summed E-state index contributed by atoms with van der Waals surface area (Å²) in [5.74, 6) is 1.29. The van der Waals surface area contributed by atoms with Crippen LogP contribution in [0.5, 0.6) is 0 Å². The smallest absolute Gasteiger partial charge is 0.315 e. The predicted octanol–water partition coefficient (Wildman–Crippen LogP) is 1.83. The van der Waals surface area contributed by atoms with Crippen molar-refractivity contribution in [2.24, 2.45) is 28.1 Å². The summed E-state index contributed by atoms with van der Waals surface area (Å²) in [6, 6.07) is 8.49. The van der Waals surface area contributed by atoms with E-state index < -0.39 is 0 Å². The van der Waals surface area contributed by atoms with E-state index >= 15 is 0 Å². The molecule has 13 nitrogen and oxygen atoms in total. The fraction of sp³-hybridized carbons (Fsp3) is 0.647. The summed E-state index contributed by atoms with van der Waals surface area (Å²) in [7, 11) is 1.97. The quantitative estimate of drug-likeness (QED) is 0.0899. The van der Waals surface area contributed by atoms with E-state index in [1.54, 1.807) is 6.20 Å². The van der Waals surface area contributed by atoms with Gasteiger partial charge in [0.15, 0.2) is 5.96 Å². The van der Waals surface area contributed by atoms with E-state index in [-0.39, 0.29) is 34.5 Å². The molecule has 0 unspecified atom stereocenters. The zero-order valence-corrected chi connectivity index (χ0v) is 29.9. The van der Waals surface area contributed by atoms with Crippen LogP contribution in [-0.4, -0.2) is 90.8 Å². The number of likely N-dealkylation sites (tertiary alicyclic amines) is 1. The Morgan fingerprint density at radius 1 is 1.15 bits per heavy atom. The second kappa shape index (κ2) is 18.7. The van der Waals surface area contributed by atoms with Gasteiger partial charge in [-0.05, 0) is 70.8 Å². The number of nitrogens with zero attached hydrogens (tertiary/aromatic N) is 3. The Labute approximate surface area is 281 Å². The molecule has 2 amide bonds. The summed E-state index contributed by atoms with van der Waals surface area (Å²) in [6.45, 7) is 19.9. The number of amides is 2. The van der Waals surface area contributed by atoms with E-state index in [1.165, 1.54) is 0 Å². The van der Waals surface area contributed by atoms with Crippen LogP contribution in [0.3, 0.4) is 0 Å². The largest absolute Gasteiger partial charge is 0.370 e. The molecule has 0 bridgehead atoms. The molecule has 1 aliphatic rings. The summed E-state index contributed by atoms with van der Waals surface area (Å²) in [5, 5.41) is 12.6. The normalized spacial score (nSPS) is 17.4. The van der Waals surface area contributed by atoms with Crippen molar-refractivity contribution < 1.29 is 4.79 Å². The van der Waals surface area contributed by atoms with Crippen LogP contribution >= 0.6 is 0 Å². The minimum Gasteiger partial charge on any atom is -0.370 e. The van der Waals surface area contributed by atoms with Crippen LogP contribution in [0.1, 0.15) is 72.7 Å². The van der Waals surface area contributed by atoms with Crippen molar-refractivity contribution in [2.75, 3.05) is 46.3 Å². The van der Waals surface area contributed by atoms with Crippen LogP contribution in [0, 0.1) is 5.92 Å². The molecule has 0 aliphatic carbocycles. The highest BCUT2D eigenvalue weighted by Gasteiger charge is 2.33. The summed E-state index contributed by atoms with van der Waals surface area (Å²) in [6.07, 6.45) is 3.50. The van der Waals surface area contributed by atoms with Crippen molar-refractivity contribution in [1.29, 1.82) is 0 Å². The lowest BCUT2D eigenvalue weighted by Gasteiger charge is -2.26. The number of aromatic nitrogens is 2. The zero-order valence-electron chi connectivity index (χ0n) is 29.9. The van der Waals surface area contributed by atoms with Crippen LogP contribution in [-0.2, 0) is 12.0 Å². The number of hydrogen-bond acceptors (Lipinski definition) is 8. The first kappa shape index (κ1) is 39.7. The molecule has 11 N–H and O–H groups in total. The lowest BCUT2D eigenvalue weighted by Crippen LogP contribution is -2.50. The van der Waals surface area contributed by atoms with E-state index in [2.05, 4.69) is 48.1 Å². The second-order valence-corrected chi connectivity index (χ2v) is 14.5. The van der Waals surface area contributed by atoms with Crippen LogP contribution in [0.25, 0.3) is 11.1 Å². The van der Waals surface area contributed by atoms with Gasteiger partial charge in [0, 0.05) is 62.0 Å². The summed E-state index contributed by atoms with van der Waals surface area (Å²) < 4.78 is 0. The molecule has 1 aromatic carbocycles. The maximum absolute atomic E-state index is 12.4. The standard InChI is InChI=1S/C19H28N6O.C15H33N5O/c1-19(2,3)17-24-12-15(16(26)25-17)14-7-5-13(6-8-14)11-22-9-4-10-23-18(20)21;1-11(7-16)9-20-10-12(6-13(20)8-17-5)18-14(21)19-15(2,3)4/h5-8,12,22H,4,9-11H2,1-3H3,(H4,20,21,23)(H,24,25,26);11-13,17H,6-10,16H2,1-5H3,(H2,18,19,21)/t;11-,12+,13-/m.0/s1. The highest BCUT2D eigenvalue weighted by Crippen LogP contribution is 2.20. The van der Waals surface area contributed by atoms with Crippen molar-refractivity contribution >= 4 is 12.0 Å². The molecular formula is C34H61N11O2. The van der Waals surface area contributed by atoms with Crippen LogP contribution < -0.4 is 44.0 Å². The number of carbonyl (C=O) groups excluding carboxylic acids is 1. The topological polar surface area (TPSA) is 205 Å². The number of rotatable bonds is 13. The average Bonchev–Trinajstić information content (AvgIpc) is 3.33. The second-order valence-electron chi connectivity index (χ2n) is 14.5. The Kier molecular flexibility index (Phi) is 15.8. The van der Waals surface area contributed by atoms with Gasteiger partial charge < -0.3 is 43.5 Å². The molecule has 1 aromatic heterocycles. The summed E-state index contributed by atoms with van der Waals surface area (Å²) in [5.41, 5.74) is 18.4. The summed E-state index contributed by atoms with van der Waals surface area (Å²) in [4.78, 5) is 38.0. The average molecular weight is 656 g/mol. The van der Waals surface area contributed by atoms with Crippen LogP contribution in [0.4, 0.5) is 4.79 Å². The first-order chi connectivity index (χ1) is 22.0. The molecule has 3 atom stereocenters. The highest BCUT2D eigenvalue weighted by atomic mass is 16.2. The minimum absolute atomic E-state index is 0.0792. The van der Waals surface area contributed by atoms with Gasteiger partial charge in [0.1, 0.15) is 5.82 Å². The number of benzene rings is 1. The first-order valence-electron chi connectivity index (χ1n) is 16.6. The number of carbonyl (C=O) groups is 1. The van der Waals surface area contributed by atoms with Gasteiger partial charge in [-0.25, -0.2) is 9.78 Å². The Balaban J connectivity index is 0.000000335. The molecule has 2 heterocycles. The first-order valence-corrected chi connectivity index (χ1v) is 16.6.